The highest BCUT2D eigenvalue weighted by Crippen LogP contribution is 2.16. The van der Waals surface area contributed by atoms with Gasteiger partial charge in [-0.3, -0.25) is 0 Å². The molecule has 0 unspecified atom stereocenters. The highest BCUT2D eigenvalue weighted by Gasteiger charge is 2.12. The van der Waals surface area contributed by atoms with Gasteiger partial charge in [0.1, 0.15) is 0 Å². The smallest absolute Gasteiger partial charge is 0.211 e. The predicted molar refractivity (Wildman–Crippen MR) is 84.2 cm³/mol. The number of sulfonamides is 1. The Balaban J connectivity index is 2.00. The van der Waals surface area contributed by atoms with Gasteiger partial charge in [0.2, 0.25) is 10.0 Å². The van der Waals surface area contributed by atoms with Crippen molar-refractivity contribution in [1.29, 1.82) is 0 Å². The van der Waals surface area contributed by atoms with Gasteiger partial charge in [0.15, 0.2) is 0 Å². The van der Waals surface area contributed by atoms with Gasteiger partial charge >= 0.3 is 0 Å². The third kappa shape index (κ3) is 3.91. The van der Waals surface area contributed by atoms with Crippen molar-refractivity contribution in [3.8, 4) is 0 Å². The fraction of sp³-hybridized carbons (Fsp3) is 0.200. The average molecular weight is 354 g/mol. The molecule has 0 aliphatic heterocycles. The summed E-state index contributed by atoms with van der Waals surface area (Å²) in [6.07, 6.45) is 0.645. The molecule has 0 bridgehead atoms. The molecule has 0 spiro atoms. The summed E-state index contributed by atoms with van der Waals surface area (Å²) < 4.78 is 27.8. The fourth-order valence-corrected chi connectivity index (χ4v) is 3.34. The van der Waals surface area contributed by atoms with Crippen molar-refractivity contribution in [2.75, 3.05) is 6.54 Å². The monoisotopic (exact) mass is 353 g/mol. The van der Waals surface area contributed by atoms with Crippen molar-refractivity contribution >= 4 is 26.0 Å². The molecular weight excluding hydrogens is 338 g/mol. The number of aryl methyl sites for hydroxylation is 1. The Kier molecular flexibility index (Phi) is 4.96. The Morgan fingerprint density at radius 3 is 2.35 bits per heavy atom. The highest BCUT2D eigenvalue weighted by atomic mass is 79.9. The van der Waals surface area contributed by atoms with Crippen molar-refractivity contribution in [2.45, 2.75) is 18.2 Å². The Morgan fingerprint density at radius 1 is 1.05 bits per heavy atom. The fourth-order valence-electron chi connectivity index (χ4n) is 1.82. The van der Waals surface area contributed by atoms with Crippen LogP contribution in [0.25, 0.3) is 0 Å². The number of hydrogen-bond acceptors (Lipinski definition) is 2. The number of benzene rings is 2. The first-order valence-corrected chi connectivity index (χ1v) is 8.56. The maximum absolute atomic E-state index is 12.1. The van der Waals surface area contributed by atoms with Gasteiger partial charge in [0, 0.05) is 11.0 Å². The molecule has 0 aromatic heterocycles. The quantitative estimate of drug-likeness (QED) is 0.896. The SMILES string of the molecule is Cc1ccc(S(=O)(=O)NCCc2ccccc2Br)cc1. The first-order chi connectivity index (χ1) is 9.49. The molecule has 0 saturated heterocycles. The third-order valence-electron chi connectivity index (χ3n) is 2.98. The molecule has 0 radical (unpaired) electrons. The van der Waals surface area contributed by atoms with Gasteiger partial charge in [-0.2, -0.15) is 0 Å². The maximum atomic E-state index is 12.1. The number of rotatable bonds is 5. The van der Waals surface area contributed by atoms with E-state index in [1.165, 1.54) is 0 Å². The van der Waals surface area contributed by atoms with E-state index < -0.39 is 10.0 Å². The van der Waals surface area contributed by atoms with E-state index in [9.17, 15) is 8.42 Å². The number of nitrogens with one attached hydrogen (secondary N) is 1. The second-order valence-corrected chi connectivity index (χ2v) is 7.17. The molecule has 0 amide bonds. The summed E-state index contributed by atoms with van der Waals surface area (Å²) in [5, 5.41) is 0. The number of hydrogen-bond donors (Lipinski definition) is 1. The molecule has 2 aromatic carbocycles. The lowest BCUT2D eigenvalue weighted by atomic mass is 10.2. The lowest BCUT2D eigenvalue weighted by Crippen LogP contribution is -2.26. The summed E-state index contributed by atoms with van der Waals surface area (Å²) in [5.74, 6) is 0. The molecule has 0 aliphatic carbocycles. The zero-order chi connectivity index (χ0) is 14.6. The standard InChI is InChI=1S/C15H16BrNO2S/c1-12-6-8-14(9-7-12)20(18,19)17-11-10-13-4-2-3-5-15(13)16/h2-9,17H,10-11H2,1H3. The Morgan fingerprint density at radius 2 is 1.70 bits per heavy atom. The van der Waals surface area contributed by atoms with Crippen LogP contribution in [0.4, 0.5) is 0 Å². The molecule has 0 atom stereocenters. The van der Waals surface area contributed by atoms with Gasteiger partial charge in [-0.15, -0.1) is 0 Å². The average Bonchev–Trinajstić information content (AvgIpc) is 2.41. The summed E-state index contributed by atoms with van der Waals surface area (Å²) >= 11 is 3.45. The van der Waals surface area contributed by atoms with Gasteiger partial charge in [0.05, 0.1) is 4.90 Å². The van der Waals surface area contributed by atoms with Crippen LogP contribution in [-0.2, 0) is 16.4 Å². The van der Waals surface area contributed by atoms with Crippen LogP contribution in [0.1, 0.15) is 11.1 Å². The van der Waals surface area contributed by atoms with Crippen molar-refractivity contribution in [2.24, 2.45) is 0 Å². The zero-order valence-corrected chi connectivity index (χ0v) is 13.5. The lowest BCUT2D eigenvalue weighted by molar-refractivity contribution is 0.581. The molecule has 0 fully saturated rings. The molecule has 0 heterocycles. The normalized spacial score (nSPS) is 11.5. The summed E-state index contributed by atoms with van der Waals surface area (Å²) in [6.45, 7) is 2.30. The van der Waals surface area contributed by atoms with Crippen molar-refractivity contribution in [1.82, 2.24) is 4.72 Å². The van der Waals surface area contributed by atoms with Gasteiger partial charge < -0.3 is 0 Å². The van der Waals surface area contributed by atoms with Gasteiger partial charge in [0.25, 0.3) is 0 Å². The van der Waals surface area contributed by atoms with E-state index in [1.54, 1.807) is 24.3 Å². The maximum Gasteiger partial charge on any atom is 0.240 e. The predicted octanol–water partition coefficient (Wildman–Crippen LogP) is 3.28. The first-order valence-electron chi connectivity index (χ1n) is 6.29. The van der Waals surface area contributed by atoms with E-state index in [0.29, 0.717) is 17.9 Å². The van der Waals surface area contributed by atoms with Crippen LogP contribution in [-0.4, -0.2) is 15.0 Å². The van der Waals surface area contributed by atoms with E-state index in [4.69, 9.17) is 0 Å². The van der Waals surface area contributed by atoms with Gasteiger partial charge in [-0.25, -0.2) is 13.1 Å². The summed E-state index contributed by atoms with van der Waals surface area (Å²) in [6, 6.07) is 14.6. The molecule has 3 nitrogen and oxygen atoms in total. The second-order valence-electron chi connectivity index (χ2n) is 4.55. The molecule has 2 aromatic rings. The van der Waals surface area contributed by atoms with Crippen LogP contribution in [0.3, 0.4) is 0 Å². The summed E-state index contributed by atoms with van der Waals surface area (Å²) in [7, 11) is -3.43. The minimum absolute atomic E-state index is 0.301. The van der Waals surface area contributed by atoms with E-state index in [-0.39, 0.29) is 0 Å². The van der Waals surface area contributed by atoms with E-state index >= 15 is 0 Å². The number of halogens is 1. The zero-order valence-electron chi connectivity index (χ0n) is 11.1. The van der Waals surface area contributed by atoms with E-state index in [0.717, 1.165) is 15.6 Å². The van der Waals surface area contributed by atoms with Crippen LogP contribution < -0.4 is 4.72 Å². The summed E-state index contributed by atoms with van der Waals surface area (Å²) in [4.78, 5) is 0.301. The minimum atomic E-state index is -3.43. The largest absolute Gasteiger partial charge is 0.240 e. The van der Waals surface area contributed by atoms with Crippen LogP contribution in [0.2, 0.25) is 0 Å². The second kappa shape index (κ2) is 6.52. The molecule has 106 valence electrons. The Hall–Kier alpha value is -1.17. The molecule has 0 saturated carbocycles. The highest BCUT2D eigenvalue weighted by molar-refractivity contribution is 9.10. The molecule has 5 heteroatoms. The molecule has 1 N–H and O–H groups in total. The van der Waals surface area contributed by atoms with E-state index in [1.807, 2.05) is 31.2 Å². The lowest BCUT2D eigenvalue weighted by Gasteiger charge is -2.08. The molecule has 0 aliphatic rings. The topological polar surface area (TPSA) is 46.2 Å². The van der Waals surface area contributed by atoms with Crippen molar-refractivity contribution in [3.05, 3.63) is 64.1 Å². The van der Waals surface area contributed by atoms with Crippen LogP contribution >= 0.6 is 15.9 Å². The minimum Gasteiger partial charge on any atom is -0.211 e. The molecular formula is C15H16BrNO2S. The van der Waals surface area contributed by atoms with Gasteiger partial charge in [-0.05, 0) is 37.1 Å². The Bertz CT molecular complexity index is 681. The van der Waals surface area contributed by atoms with E-state index in [2.05, 4.69) is 20.7 Å². The first kappa shape index (κ1) is 15.2. The summed E-state index contributed by atoms with van der Waals surface area (Å²) in [5.41, 5.74) is 2.12. The van der Waals surface area contributed by atoms with Crippen LogP contribution in [0.15, 0.2) is 57.9 Å². The molecule has 20 heavy (non-hydrogen) atoms. The van der Waals surface area contributed by atoms with Crippen molar-refractivity contribution < 1.29 is 8.42 Å². The van der Waals surface area contributed by atoms with Crippen LogP contribution in [0.5, 0.6) is 0 Å². The van der Waals surface area contributed by atoms with Gasteiger partial charge in [-0.1, -0.05) is 51.8 Å². The Labute approximate surface area is 128 Å². The molecule has 2 rings (SSSR count). The van der Waals surface area contributed by atoms with Crippen molar-refractivity contribution in [3.63, 3.8) is 0 Å². The van der Waals surface area contributed by atoms with Crippen LogP contribution in [0, 0.1) is 6.92 Å². The third-order valence-corrected chi connectivity index (χ3v) is 5.23.